The summed E-state index contributed by atoms with van der Waals surface area (Å²) >= 11 is 9.44. The van der Waals surface area contributed by atoms with Crippen LogP contribution in [0.1, 0.15) is 16.6 Å². The van der Waals surface area contributed by atoms with E-state index in [1.54, 1.807) is 6.07 Å². The normalized spacial score (nSPS) is 23.4. The minimum absolute atomic E-state index is 0.113. The van der Waals surface area contributed by atoms with Gasteiger partial charge in [0.25, 0.3) is 5.91 Å². The first-order chi connectivity index (χ1) is 8.41. The van der Waals surface area contributed by atoms with Crippen LogP contribution in [0.5, 0.6) is 0 Å². The standard InChI is InChI=1S/C10H9Br2NO3S2/c1-4-13(6(3-17-4)10(15)16)9(14)7-2-5(11)8(12)18-7/h2,4,6H,3H2,1H3,(H,15,16). The largest absolute Gasteiger partial charge is 0.480 e. The topological polar surface area (TPSA) is 57.6 Å². The number of aliphatic carboxylic acids is 1. The molecule has 0 radical (unpaired) electrons. The first-order valence-electron chi connectivity index (χ1n) is 5.03. The second-order valence-corrected chi connectivity index (χ2v) is 8.30. The first-order valence-corrected chi connectivity index (χ1v) is 8.49. The summed E-state index contributed by atoms with van der Waals surface area (Å²) in [6, 6.07) is 0.975. The number of halogens is 2. The highest BCUT2D eigenvalue weighted by molar-refractivity contribution is 9.13. The van der Waals surface area contributed by atoms with Crippen molar-refractivity contribution in [1.29, 1.82) is 0 Å². The Labute approximate surface area is 129 Å². The molecule has 2 rings (SSSR count). The summed E-state index contributed by atoms with van der Waals surface area (Å²) in [6.45, 7) is 1.85. The summed E-state index contributed by atoms with van der Waals surface area (Å²) in [6.07, 6.45) is 0. The van der Waals surface area contributed by atoms with Crippen LogP contribution in [0.2, 0.25) is 0 Å². The Morgan fingerprint density at radius 3 is 2.67 bits per heavy atom. The summed E-state index contributed by atoms with van der Waals surface area (Å²) in [7, 11) is 0. The molecule has 1 amide bonds. The lowest BCUT2D eigenvalue weighted by Gasteiger charge is -2.24. The molecular weight excluding hydrogens is 406 g/mol. The van der Waals surface area contributed by atoms with E-state index in [1.807, 2.05) is 6.92 Å². The molecule has 1 aromatic rings. The van der Waals surface area contributed by atoms with Gasteiger partial charge in [-0.3, -0.25) is 4.79 Å². The number of amides is 1. The van der Waals surface area contributed by atoms with Crippen LogP contribution in [0.25, 0.3) is 0 Å². The van der Waals surface area contributed by atoms with E-state index in [4.69, 9.17) is 5.11 Å². The molecule has 4 nitrogen and oxygen atoms in total. The van der Waals surface area contributed by atoms with Crippen LogP contribution in [0.15, 0.2) is 14.3 Å². The Morgan fingerprint density at radius 1 is 1.50 bits per heavy atom. The van der Waals surface area contributed by atoms with E-state index in [1.165, 1.54) is 28.0 Å². The average molecular weight is 415 g/mol. The van der Waals surface area contributed by atoms with E-state index in [2.05, 4.69) is 31.9 Å². The second-order valence-electron chi connectivity index (χ2n) is 3.73. The predicted molar refractivity (Wildman–Crippen MR) is 79.2 cm³/mol. The highest BCUT2D eigenvalue weighted by Crippen LogP contribution is 2.36. The van der Waals surface area contributed by atoms with Crippen molar-refractivity contribution in [3.8, 4) is 0 Å². The van der Waals surface area contributed by atoms with Crippen LogP contribution < -0.4 is 0 Å². The van der Waals surface area contributed by atoms with Crippen molar-refractivity contribution in [1.82, 2.24) is 4.90 Å². The number of carboxylic acids is 1. The number of rotatable bonds is 2. The summed E-state index contributed by atoms with van der Waals surface area (Å²) in [5.74, 6) is -0.734. The maximum Gasteiger partial charge on any atom is 0.327 e. The van der Waals surface area contributed by atoms with Gasteiger partial charge in [-0.05, 0) is 44.8 Å². The highest BCUT2D eigenvalue weighted by Gasteiger charge is 2.40. The van der Waals surface area contributed by atoms with Gasteiger partial charge in [0.1, 0.15) is 6.04 Å². The van der Waals surface area contributed by atoms with Gasteiger partial charge >= 0.3 is 5.97 Å². The van der Waals surface area contributed by atoms with Crippen molar-refractivity contribution >= 4 is 66.8 Å². The molecule has 2 unspecified atom stereocenters. The Balaban J connectivity index is 2.29. The van der Waals surface area contributed by atoms with Crippen LogP contribution in [-0.4, -0.2) is 39.1 Å². The lowest BCUT2D eigenvalue weighted by Crippen LogP contribution is -2.44. The molecule has 1 aliphatic rings. The molecule has 0 aliphatic carbocycles. The van der Waals surface area contributed by atoms with Crippen molar-refractivity contribution in [3.63, 3.8) is 0 Å². The third-order valence-corrected chi connectivity index (χ3v) is 7.06. The molecule has 1 aliphatic heterocycles. The zero-order valence-electron chi connectivity index (χ0n) is 9.22. The molecule has 8 heteroatoms. The zero-order chi connectivity index (χ0) is 13.4. The van der Waals surface area contributed by atoms with Gasteiger partial charge in [-0.25, -0.2) is 4.79 Å². The van der Waals surface area contributed by atoms with Gasteiger partial charge in [0.05, 0.1) is 14.0 Å². The van der Waals surface area contributed by atoms with Gasteiger partial charge in [-0.2, -0.15) is 0 Å². The first kappa shape index (κ1) is 14.4. The van der Waals surface area contributed by atoms with Crippen LogP contribution in [0, 0.1) is 0 Å². The minimum atomic E-state index is -0.949. The third-order valence-electron chi connectivity index (χ3n) is 2.60. The number of carboxylic acid groups (broad SMARTS) is 1. The molecule has 1 aromatic heterocycles. The maximum atomic E-state index is 12.4. The monoisotopic (exact) mass is 413 g/mol. The number of thiophene rings is 1. The predicted octanol–water partition coefficient (Wildman–Crippen LogP) is 3.26. The molecule has 0 bridgehead atoms. The number of hydrogen-bond acceptors (Lipinski definition) is 4. The van der Waals surface area contributed by atoms with Crippen LogP contribution >= 0.6 is 55.0 Å². The van der Waals surface area contributed by atoms with Gasteiger partial charge in [0, 0.05) is 10.2 Å². The smallest absolute Gasteiger partial charge is 0.327 e. The summed E-state index contributed by atoms with van der Waals surface area (Å²) in [5, 5.41) is 9.02. The van der Waals surface area contributed by atoms with E-state index < -0.39 is 12.0 Å². The SMILES string of the molecule is CC1SCC(C(=O)O)N1C(=O)c1cc(Br)c(Br)s1. The molecule has 18 heavy (non-hydrogen) atoms. The van der Waals surface area contributed by atoms with E-state index >= 15 is 0 Å². The fourth-order valence-electron chi connectivity index (χ4n) is 1.72. The third kappa shape index (κ3) is 2.61. The quantitative estimate of drug-likeness (QED) is 0.806. The van der Waals surface area contributed by atoms with Gasteiger partial charge in [0.15, 0.2) is 0 Å². The number of hydrogen-bond donors (Lipinski definition) is 1. The molecule has 98 valence electrons. The minimum Gasteiger partial charge on any atom is -0.480 e. The summed E-state index contributed by atoms with van der Waals surface area (Å²) in [4.78, 5) is 25.5. The lowest BCUT2D eigenvalue weighted by molar-refractivity contribution is -0.141. The summed E-state index contributed by atoms with van der Waals surface area (Å²) in [5.41, 5.74) is 0. The number of carbonyl (C=O) groups is 2. The van der Waals surface area contributed by atoms with E-state index in [9.17, 15) is 9.59 Å². The maximum absolute atomic E-state index is 12.4. The van der Waals surface area contributed by atoms with Crippen molar-refractivity contribution < 1.29 is 14.7 Å². The zero-order valence-corrected chi connectivity index (χ0v) is 14.0. The number of thioether (sulfide) groups is 1. The van der Waals surface area contributed by atoms with Crippen LogP contribution in [-0.2, 0) is 4.79 Å². The fraction of sp³-hybridized carbons (Fsp3) is 0.400. The Bertz CT molecular complexity index is 486. The van der Waals surface area contributed by atoms with Gasteiger partial charge in [0.2, 0.25) is 0 Å². The molecular formula is C10H9Br2NO3S2. The number of carbonyl (C=O) groups excluding carboxylic acids is 1. The van der Waals surface area contributed by atoms with Crippen molar-refractivity contribution in [2.75, 3.05) is 5.75 Å². The molecule has 2 atom stereocenters. The van der Waals surface area contributed by atoms with Crippen molar-refractivity contribution in [3.05, 3.63) is 19.2 Å². The molecule has 2 heterocycles. The highest BCUT2D eigenvalue weighted by atomic mass is 79.9. The van der Waals surface area contributed by atoms with E-state index in [0.717, 1.165) is 8.26 Å². The average Bonchev–Trinajstić information content (AvgIpc) is 2.83. The molecule has 1 fully saturated rings. The van der Waals surface area contributed by atoms with Gasteiger partial charge in [-0.1, -0.05) is 0 Å². The Hall–Kier alpha value is -0.0500. The van der Waals surface area contributed by atoms with Gasteiger partial charge in [-0.15, -0.1) is 23.1 Å². The molecule has 0 aromatic carbocycles. The van der Waals surface area contributed by atoms with Gasteiger partial charge < -0.3 is 10.0 Å². The molecule has 0 saturated carbocycles. The van der Waals surface area contributed by atoms with Crippen molar-refractivity contribution in [2.24, 2.45) is 0 Å². The lowest BCUT2D eigenvalue weighted by atomic mass is 10.2. The Morgan fingerprint density at radius 2 is 2.17 bits per heavy atom. The second kappa shape index (κ2) is 5.52. The van der Waals surface area contributed by atoms with Crippen LogP contribution in [0.4, 0.5) is 0 Å². The molecule has 1 saturated heterocycles. The van der Waals surface area contributed by atoms with Crippen LogP contribution in [0.3, 0.4) is 0 Å². The fourth-order valence-corrected chi connectivity index (χ4v) is 4.87. The van der Waals surface area contributed by atoms with Crippen molar-refractivity contribution in [2.45, 2.75) is 18.3 Å². The molecule has 1 N–H and O–H groups in total. The Kier molecular flexibility index (Phi) is 4.40. The molecule has 0 spiro atoms. The number of nitrogens with zero attached hydrogens (tertiary/aromatic N) is 1. The van der Waals surface area contributed by atoms with E-state index in [0.29, 0.717) is 10.6 Å². The summed E-state index contributed by atoms with van der Waals surface area (Å²) < 4.78 is 1.64. The van der Waals surface area contributed by atoms with E-state index in [-0.39, 0.29) is 11.3 Å².